The van der Waals surface area contributed by atoms with E-state index in [0.29, 0.717) is 28.1 Å². The second kappa shape index (κ2) is 7.44. The number of hydrogen-bond acceptors (Lipinski definition) is 5. The number of thioether (sulfide) groups is 1. The summed E-state index contributed by atoms with van der Waals surface area (Å²) in [6.45, 7) is 1.87. The summed E-state index contributed by atoms with van der Waals surface area (Å²) in [5.41, 5.74) is 7.61. The Labute approximate surface area is 138 Å². The lowest BCUT2D eigenvalue weighted by Gasteiger charge is -2.15. The van der Waals surface area contributed by atoms with Crippen LogP contribution < -0.4 is 5.73 Å². The smallest absolute Gasteiger partial charge is 0.235 e. The van der Waals surface area contributed by atoms with Crippen LogP contribution in [-0.4, -0.2) is 10.9 Å². The molecular formula is C17H14N4OS. The van der Waals surface area contributed by atoms with Gasteiger partial charge in [0, 0.05) is 6.20 Å². The van der Waals surface area contributed by atoms with Crippen LogP contribution in [-0.2, 0) is 11.2 Å². The quantitative estimate of drug-likeness (QED) is 0.852. The SMILES string of the molecule is CCc1c(C#N)cnc(SC(C(N)=O)c2ccccc2)c1C#N. The predicted molar refractivity (Wildman–Crippen MR) is 87.3 cm³/mol. The highest BCUT2D eigenvalue weighted by molar-refractivity contribution is 8.00. The highest BCUT2D eigenvalue weighted by Crippen LogP contribution is 2.36. The van der Waals surface area contributed by atoms with Gasteiger partial charge in [0.1, 0.15) is 22.4 Å². The molecule has 2 rings (SSSR count). The molecule has 0 aliphatic heterocycles. The number of carbonyl (C=O) groups excluding carboxylic acids is 1. The Morgan fingerprint density at radius 2 is 2.00 bits per heavy atom. The first kappa shape index (κ1) is 16.5. The predicted octanol–water partition coefficient (Wildman–Crippen LogP) is 2.71. The van der Waals surface area contributed by atoms with Crippen LogP contribution in [0.2, 0.25) is 0 Å². The van der Waals surface area contributed by atoms with Gasteiger partial charge in [0.15, 0.2) is 0 Å². The van der Waals surface area contributed by atoms with E-state index in [1.54, 1.807) is 12.1 Å². The van der Waals surface area contributed by atoms with Gasteiger partial charge in [-0.2, -0.15) is 10.5 Å². The summed E-state index contributed by atoms with van der Waals surface area (Å²) in [5.74, 6) is -0.505. The van der Waals surface area contributed by atoms with Crippen LogP contribution in [0.15, 0.2) is 41.6 Å². The summed E-state index contributed by atoms with van der Waals surface area (Å²) in [6.07, 6.45) is 1.97. The molecule has 0 saturated heterocycles. The molecule has 0 aliphatic carbocycles. The van der Waals surface area contributed by atoms with Gasteiger partial charge in [0.05, 0.1) is 11.1 Å². The van der Waals surface area contributed by atoms with Crippen LogP contribution in [0.1, 0.15) is 34.4 Å². The van der Waals surface area contributed by atoms with E-state index in [1.165, 1.54) is 6.20 Å². The van der Waals surface area contributed by atoms with Gasteiger partial charge in [0.2, 0.25) is 5.91 Å². The van der Waals surface area contributed by atoms with Crippen LogP contribution in [0.3, 0.4) is 0 Å². The zero-order valence-corrected chi connectivity index (χ0v) is 13.3. The molecule has 2 aromatic rings. The Balaban J connectivity index is 2.48. The number of hydrogen-bond donors (Lipinski definition) is 1. The van der Waals surface area contributed by atoms with Crippen LogP contribution >= 0.6 is 11.8 Å². The van der Waals surface area contributed by atoms with Crippen LogP contribution in [0.5, 0.6) is 0 Å². The first-order chi connectivity index (χ1) is 11.1. The highest BCUT2D eigenvalue weighted by atomic mass is 32.2. The van der Waals surface area contributed by atoms with E-state index >= 15 is 0 Å². The van der Waals surface area contributed by atoms with Gasteiger partial charge in [-0.05, 0) is 17.5 Å². The molecule has 1 heterocycles. The van der Waals surface area contributed by atoms with Crippen molar-refractivity contribution in [2.75, 3.05) is 0 Å². The summed E-state index contributed by atoms with van der Waals surface area (Å²) >= 11 is 1.13. The van der Waals surface area contributed by atoms with E-state index in [0.717, 1.165) is 17.3 Å². The van der Waals surface area contributed by atoms with Crippen LogP contribution in [0, 0.1) is 22.7 Å². The van der Waals surface area contributed by atoms with E-state index in [9.17, 15) is 10.1 Å². The van der Waals surface area contributed by atoms with Crippen molar-refractivity contribution in [1.82, 2.24) is 4.98 Å². The van der Waals surface area contributed by atoms with Gasteiger partial charge < -0.3 is 5.73 Å². The molecule has 0 spiro atoms. The Kier molecular flexibility index (Phi) is 5.35. The lowest BCUT2D eigenvalue weighted by atomic mass is 10.0. The van der Waals surface area contributed by atoms with Gasteiger partial charge in [0.25, 0.3) is 0 Å². The molecule has 6 heteroatoms. The number of pyridine rings is 1. The Bertz CT molecular complexity index is 806. The number of nitrogens with two attached hydrogens (primary N) is 1. The van der Waals surface area contributed by atoms with Crippen molar-refractivity contribution >= 4 is 17.7 Å². The zero-order valence-electron chi connectivity index (χ0n) is 12.5. The van der Waals surface area contributed by atoms with Crippen LogP contribution in [0.4, 0.5) is 0 Å². The average Bonchev–Trinajstić information content (AvgIpc) is 2.59. The fourth-order valence-electron chi connectivity index (χ4n) is 2.23. The highest BCUT2D eigenvalue weighted by Gasteiger charge is 2.23. The lowest BCUT2D eigenvalue weighted by Crippen LogP contribution is -2.19. The number of nitrogens with zero attached hydrogens (tertiary/aromatic N) is 3. The molecule has 0 aliphatic rings. The second-order valence-electron chi connectivity index (χ2n) is 4.72. The minimum Gasteiger partial charge on any atom is -0.368 e. The van der Waals surface area contributed by atoms with Crippen molar-refractivity contribution < 1.29 is 4.79 Å². The third-order valence-electron chi connectivity index (χ3n) is 3.33. The molecule has 1 aromatic heterocycles. The molecule has 5 nitrogen and oxygen atoms in total. The van der Waals surface area contributed by atoms with Crippen molar-refractivity contribution in [3.8, 4) is 12.1 Å². The van der Waals surface area contributed by atoms with Crippen molar-refractivity contribution in [2.45, 2.75) is 23.6 Å². The number of benzene rings is 1. The number of rotatable bonds is 5. The van der Waals surface area contributed by atoms with Gasteiger partial charge in [-0.3, -0.25) is 4.79 Å². The third-order valence-corrected chi connectivity index (χ3v) is 4.60. The molecule has 0 bridgehead atoms. The Morgan fingerprint density at radius 3 is 2.52 bits per heavy atom. The first-order valence-electron chi connectivity index (χ1n) is 6.95. The van der Waals surface area contributed by atoms with E-state index in [4.69, 9.17) is 11.0 Å². The standard InChI is InChI=1S/C17H14N4OS/c1-2-13-12(8-18)10-21-17(14(13)9-19)23-15(16(20)22)11-6-4-3-5-7-11/h3-7,10,15H,2H2,1H3,(H2,20,22). The van der Waals surface area contributed by atoms with E-state index in [2.05, 4.69) is 11.1 Å². The van der Waals surface area contributed by atoms with Gasteiger partial charge in [-0.15, -0.1) is 0 Å². The van der Waals surface area contributed by atoms with Gasteiger partial charge in [-0.1, -0.05) is 49.0 Å². The van der Waals surface area contributed by atoms with Crippen molar-refractivity contribution in [1.29, 1.82) is 10.5 Å². The molecule has 0 saturated carbocycles. The molecule has 0 radical (unpaired) electrons. The van der Waals surface area contributed by atoms with Crippen molar-refractivity contribution in [2.24, 2.45) is 5.73 Å². The Morgan fingerprint density at radius 1 is 1.30 bits per heavy atom. The molecular weight excluding hydrogens is 308 g/mol. The molecule has 1 aromatic carbocycles. The molecule has 23 heavy (non-hydrogen) atoms. The minimum absolute atomic E-state index is 0.332. The monoisotopic (exact) mass is 322 g/mol. The maximum Gasteiger partial charge on any atom is 0.235 e. The average molecular weight is 322 g/mol. The molecule has 0 fully saturated rings. The van der Waals surface area contributed by atoms with Gasteiger partial charge >= 0.3 is 0 Å². The zero-order chi connectivity index (χ0) is 16.8. The number of nitriles is 2. The maximum atomic E-state index is 11.8. The molecule has 1 unspecified atom stereocenters. The maximum absolute atomic E-state index is 11.8. The second-order valence-corrected chi connectivity index (χ2v) is 5.81. The minimum atomic E-state index is -0.645. The number of aromatic nitrogens is 1. The number of carbonyl (C=O) groups is 1. The number of amides is 1. The summed E-state index contributed by atoms with van der Waals surface area (Å²) in [7, 11) is 0. The largest absolute Gasteiger partial charge is 0.368 e. The van der Waals surface area contributed by atoms with E-state index in [-0.39, 0.29) is 0 Å². The summed E-state index contributed by atoms with van der Waals surface area (Å²) in [5, 5.41) is 18.3. The topological polar surface area (TPSA) is 104 Å². The lowest BCUT2D eigenvalue weighted by molar-refractivity contribution is -0.117. The van der Waals surface area contributed by atoms with E-state index < -0.39 is 11.2 Å². The first-order valence-corrected chi connectivity index (χ1v) is 7.83. The Hall–Kier alpha value is -2.83. The fourth-order valence-corrected chi connectivity index (χ4v) is 3.26. The molecule has 1 atom stereocenters. The summed E-state index contributed by atoms with van der Waals surface area (Å²) in [4.78, 5) is 16.0. The normalized spacial score (nSPS) is 11.3. The third kappa shape index (κ3) is 3.50. The van der Waals surface area contributed by atoms with Gasteiger partial charge in [-0.25, -0.2) is 4.98 Å². The van der Waals surface area contributed by atoms with Crippen LogP contribution in [0.25, 0.3) is 0 Å². The van der Waals surface area contributed by atoms with Crippen molar-refractivity contribution in [3.63, 3.8) is 0 Å². The summed E-state index contributed by atoms with van der Waals surface area (Å²) < 4.78 is 0. The molecule has 1 amide bonds. The van der Waals surface area contributed by atoms with Crippen molar-refractivity contribution in [3.05, 3.63) is 58.8 Å². The molecule has 114 valence electrons. The molecule has 2 N–H and O–H groups in total. The van der Waals surface area contributed by atoms with E-state index in [1.807, 2.05) is 31.2 Å². The fraction of sp³-hybridized carbons (Fsp3) is 0.176. The number of primary amides is 1. The summed E-state index contributed by atoms with van der Waals surface area (Å²) in [6, 6.07) is 13.2.